The first-order valence-corrected chi connectivity index (χ1v) is 8.54. The van der Waals surface area contributed by atoms with E-state index >= 15 is 0 Å². The van der Waals surface area contributed by atoms with Crippen molar-refractivity contribution < 1.29 is 4.92 Å². The average molecular weight is 378 g/mol. The lowest BCUT2D eigenvalue weighted by atomic mass is 10.1. The first-order chi connectivity index (χ1) is 10.6. The van der Waals surface area contributed by atoms with E-state index in [1.807, 2.05) is 60.7 Å². The SMILES string of the molecule is C=C[C@H](S[C@@H](C[N+](=O)[O-])c1ccc(Br)cc1)c1ccccc1. The van der Waals surface area contributed by atoms with Crippen LogP contribution >= 0.6 is 27.7 Å². The number of thioether (sulfide) groups is 1. The van der Waals surface area contributed by atoms with Crippen LogP contribution in [0, 0.1) is 10.1 Å². The standard InChI is InChI=1S/C17H16BrNO2S/c1-2-16(13-6-4-3-5-7-13)22-17(12-19(20)21)14-8-10-15(18)11-9-14/h2-11,16-17H,1,12H2/t16-,17-/m0/s1. The Labute approximate surface area is 142 Å². The molecule has 5 heteroatoms. The van der Waals surface area contributed by atoms with Crippen LogP contribution in [0.4, 0.5) is 0 Å². The Morgan fingerprint density at radius 3 is 2.32 bits per heavy atom. The first-order valence-electron chi connectivity index (χ1n) is 6.80. The summed E-state index contributed by atoms with van der Waals surface area (Å²) in [6.45, 7) is 3.77. The Kier molecular flexibility index (Phi) is 6.21. The van der Waals surface area contributed by atoms with Gasteiger partial charge in [0.05, 0.1) is 5.25 Å². The molecule has 0 radical (unpaired) electrons. The molecule has 2 aromatic carbocycles. The number of hydrogen-bond donors (Lipinski definition) is 0. The van der Waals surface area contributed by atoms with Crippen molar-refractivity contribution in [3.8, 4) is 0 Å². The lowest BCUT2D eigenvalue weighted by molar-refractivity contribution is -0.479. The molecule has 3 nitrogen and oxygen atoms in total. The van der Waals surface area contributed by atoms with Crippen molar-refractivity contribution in [3.05, 3.63) is 93.0 Å². The van der Waals surface area contributed by atoms with Gasteiger partial charge in [-0.2, -0.15) is 0 Å². The van der Waals surface area contributed by atoms with Crippen LogP contribution in [-0.2, 0) is 0 Å². The van der Waals surface area contributed by atoms with Crippen molar-refractivity contribution in [1.29, 1.82) is 0 Å². The van der Waals surface area contributed by atoms with E-state index in [1.165, 1.54) is 0 Å². The molecular formula is C17H16BrNO2S. The minimum Gasteiger partial charge on any atom is -0.264 e. The molecule has 2 aromatic rings. The van der Waals surface area contributed by atoms with Gasteiger partial charge in [-0.15, -0.1) is 18.3 Å². The van der Waals surface area contributed by atoms with Gasteiger partial charge in [0, 0.05) is 14.6 Å². The largest absolute Gasteiger partial charge is 0.264 e. The Morgan fingerprint density at radius 2 is 1.77 bits per heavy atom. The molecule has 0 unspecified atom stereocenters. The molecule has 0 fully saturated rings. The summed E-state index contributed by atoms with van der Waals surface area (Å²) < 4.78 is 0.962. The molecular weight excluding hydrogens is 362 g/mol. The second-order valence-corrected chi connectivity index (χ2v) is 7.02. The van der Waals surface area contributed by atoms with E-state index in [0.717, 1.165) is 15.6 Å². The normalized spacial score (nSPS) is 13.3. The van der Waals surface area contributed by atoms with Gasteiger partial charge < -0.3 is 0 Å². The van der Waals surface area contributed by atoms with Crippen molar-refractivity contribution >= 4 is 27.7 Å². The van der Waals surface area contributed by atoms with Gasteiger partial charge in [0.2, 0.25) is 6.54 Å². The predicted molar refractivity (Wildman–Crippen MR) is 95.7 cm³/mol. The number of halogens is 1. The number of nitro groups is 1. The molecule has 0 amide bonds. The highest BCUT2D eigenvalue weighted by Gasteiger charge is 2.22. The van der Waals surface area contributed by atoms with Gasteiger partial charge in [0.25, 0.3) is 0 Å². The van der Waals surface area contributed by atoms with Crippen molar-refractivity contribution in [2.75, 3.05) is 6.54 Å². The van der Waals surface area contributed by atoms with E-state index in [1.54, 1.807) is 11.8 Å². The fraction of sp³-hybridized carbons (Fsp3) is 0.176. The van der Waals surface area contributed by atoms with Gasteiger partial charge in [-0.3, -0.25) is 10.1 Å². The Morgan fingerprint density at radius 1 is 1.14 bits per heavy atom. The number of rotatable bonds is 7. The van der Waals surface area contributed by atoms with E-state index in [-0.39, 0.29) is 22.0 Å². The molecule has 0 saturated heterocycles. The van der Waals surface area contributed by atoms with Crippen molar-refractivity contribution in [2.24, 2.45) is 0 Å². The summed E-state index contributed by atoms with van der Waals surface area (Å²) in [5.74, 6) is 0. The van der Waals surface area contributed by atoms with Crippen LogP contribution in [-0.4, -0.2) is 11.5 Å². The fourth-order valence-corrected chi connectivity index (χ4v) is 3.70. The molecule has 22 heavy (non-hydrogen) atoms. The highest BCUT2D eigenvalue weighted by atomic mass is 79.9. The van der Waals surface area contributed by atoms with Crippen LogP contribution in [0.2, 0.25) is 0 Å². The zero-order valence-corrected chi connectivity index (χ0v) is 14.3. The Balaban J connectivity index is 2.23. The van der Waals surface area contributed by atoms with Gasteiger partial charge in [-0.1, -0.05) is 64.5 Å². The van der Waals surface area contributed by atoms with Crippen LogP contribution in [0.25, 0.3) is 0 Å². The van der Waals surface area contributed by atoms with Gasteiger partial charge in [0.1, 0.15) is 0 Å². The molecule has 0 aliphatic carbocycles. The fourth-order valence-electron chi connectivity index (χ4n) is 2.13. The molecule has 0 aliphatic rings. The number of hydrogen-bond acceptors (Lipinski definition) is 3. The number of benzene rings is 2. The van der Waals surface area contributed by atoms with E-state index in [4.69, 9.17) is 0 Å². The van der Waals surface area contributed by atoms with Crippen LogP contribution < -0.4 is 0 Å². The maximum absolute atomic E-state index is 11.0. The van der Waals surface area contributed by atoms with E-state index in [9.17, 15) is 10.1 Å². The third kappa shape index (κ3) is 4.71. The van der Waals surface area contributed by atoms with Crippen LogP contribution in [0.5, 0.6) is 0 Å². The summed E-state index contributed by atoms with van der Waals surface area (Å²) >= 11 is 4.94. The second kappa shape index (κ2) is 8.15. The van der Waals surface area contributed by atoms with Crippen molar-refractivity contribution in [1.82, 2.24) is 0 Å². The number of nitrogens with zero attached hydrogens (tertiary/aromatic N) is 1. The lowest BCUT2D eigenvalue weighted by Gasteiger charge is -2.19. The zero-order chi connectivity index (χ0) is 15.9. The highest BCUT2D eigenvalue weighted by Crippen LogP contribution is 2.41. The molecule has 2 atom stereocenters. The quantitative estimate of drug-likeness (QED) is 0.367. The van der Waals surface area contributed by atoms with Crippen LogP contribution in [0.15, 0.2) is 71.7 Å². The molecule has 0 aliphatic heterocycles. The van der Waals surface area contributed by atoms with E-state index in [0.29, 0.717) is 0 Å². The van der Waals surface area contributed by atoms with Crippen LogP contribution in [0.1, 0.15) is 21.6 Å². The monoisotopic (exact) mass is 377 g/mol. The Hall–Kier alpha value is -1.59. The first kappa shape index (κ1) is 16.8. The highest BCUT2D eigenvalue weighted by molar-refractivity contribution is 9.10. The molecule has 0 aromatic heterocycles. The van der Waals surface area contributed by atoms with E-state index in [2.05, 4.69) is 22.5 Å². The van der Waals surface area contributed by atoms with Crippen molar-refractivity contribution in [3.63, 3.8) is 0 Å². The maximum Gasteiger partial charge on any atom is 0.219 e. The molecule has 0 heterocycles. The van der Waals surface area contributed by atoms with Gasteiger partial charge in [-0.25, -0.2) is 0 Å². The molecule has 0 bridgehead atoms. The summed E-state index contributed by atoms with van der Waals surface area (Å²) in [6, 6.07) is 17.6. The molecule has 114 valence electrons. The van der Waals surface area contributed by atoms with Gasteiger partial charge in [-0.05, 0) is 23.3 Å². The van der Waals surface area contributed by atoms with E-state index < -0.39 is 0 Å². The average Bonchev–Trinajstić information content (AvgIpc) is 2.52. The van der Waals surface area contributed by atoms with Gasteiger partial charge in [0.15, 0.2) is 0 Å². The summed E-state index contributed by atoms with van der Waals surface area (Å²) in [7, 11) is 0. The topological polar surface area (TPSA) is 43.1 Å². The molecule has 0 N–H and O–H groups in total. The molecule has 2 rings (SSSR count). The van der Waals surface area contributed by atoms with Crippen LogP contribution in [0.3, 0.4) is 0 Å². The minimum atomic E-state index is -0.259. The predicted octanol–water partition coefficient (Wildman–Crippen LogP) is 5.43. The van der Waals surface area contributed by atoms with Crippen molar-refractivity contribution in [2.45, 2.75) is 10.5 Å². The third-order valence-electron chi connectivity index (χ3n) is 3.21. The smallest absolute Gasteiger partial charge is 0.219 e. The summed E-state index contributed by atoms with van der Waals surface area (Å²) in [5.41, 5.74) is 2.06. The molecule has 0 spiro atoms. The van der Waals surface area contributed by atoms with Gasteiger partial charge >= 0.3 is 0 Å². The second-order valence-electron chi connectivity index (χ2n) is 4.76. The minimum absolute atomic E-state index is 0.0230. The summed E-state index contributed by atoms with van der Waals surface area (Å²) in [5, 5.41) is 10.8. The maximum atomic E-state index is 11.0. The zero-order valence-electron chi connectivity index (χ0n) is 11.9. The lowest BCUT2D eigenvalue weighted by Crippen LogP contribution is -2.11. The summed E-state index contributed by atoms with van der Waals surface area (Å²) in [4.78, 5) is 10.8. The Bertz CT molecular complexity index is 631. The molecule has 0 saturated carbocycles. The third-order valence-corrected chi connectivity index (χ3v) is 5.25. The summed E-state index contributed by atoms with van der Waals surface area (Å²) in [6.07, 6.45) is 1.84.